The predicted octanol–water partition coefficient (Wildman–Crippen LogP) is 10.5. The normalized spacial score (nSPS) is 11.5. The quantitative estimate of drug-likeness (QED) is 0.0809. The van der Waals surface area contributed by atoms with Crippen LogP contribution in [0.5, 0.6) is 0 Å². The van der Waals surface area contributed by atoms with Gasteiger partial charge >= 0.3 is 0 Å². The second kappa shape index (κ2) is 15.0. The van der Waals surface area contributed by atoms with Gasteiger partial charge in [-0.25, -0.2) is 0 Å². The molecule has 4 aromatic carbocycles. The van der Waals surface area contributed by atoms with Gasteiger partial charge in [0.15, 0.2) is 0 Å². The highest BCUT2D eigenvalue weighted by Gasteiger charge is 1.99. The number of nitrogens with zero attached hydrogens (tertiary/aromatic N) is 2. The number of anilines is 1. The van der Waals surface area contributed by atoms with Crippen molar-refractivity contribution in [3.8, 4) is 0 Å². The molecular weight excluding hydrogens is 531 g/mol. The lowest BCUT2D eigenvalue weighted by Gasteiger charge is -2.02. The van der Waals surface area contributed by atoms with Gasteiger partial charge < -0.3 is 5.73 Å². The monoisotopic (exact) mass is 559 g/mol. The minimum atomic E-state index is 0.789. The molecule has 0 atom stereocenters. The molecule has 0 saturated heterocycles. The van der Waals surface area contributed by atoms with Gasteiger partial charge in [-0.05, 0) is 111 Å². The zero-order chi connectivity index (χ0) is 25.7. The van der Waals surface area contributed by atoms with Crippen LogP contribution in [0.2, 0.25) is 0 Å². The maximum atomic E-state index is 5.74. The molecule has 0 radical (unpaired) electrons. The van der Waals surface area contributed by atoms with Gasteiger partial charge in [-0.1, -0.05) is 60.9 Å². The van der Waals surface area contributed by atoms with Crippen LogP contribution < -0.4 is 5.73 Å². The van der Waals surface area contributed by atoms with Crippen molar-refractivity contribution in [1.29, 1.82) is 0 Å². The fourth-order valence-electron chi connectivity index (χ4n) is 3.13. The van der Waals surface area contributed by atoms with Crippen molar-refractivity contribution in [1.82, 2.24) is 0 Å². The Hall–Kier alpha value is -2.58. The smallest absolute Gasteiger partial charge is 0.0626 e. The first-order valence-corrected chi connectivity index (χ1v) is 16.3. The van der Waals surface area contributed by atoms with E-state index in [2.05, 4.69) is 89.7 Å². The Kier molecular flexibility index (Phi) is 11.1. The Balaban J connectivity index is 1.11. The fourth-order valence-corrected chi connectivity index (χ4v) is 6.99. The van der Waals surface area contributed by atoms with Crippen LogP contribution in [0.15, 0.2) is 127 Å². The molecule has 4 rings (SSSR count). The molecule has 2 N–H and O–H groups in total. The van der Waals surface area contributed by atoms with Crippen LogP contribution >= 0.6 is 43.2 Å². The van der Waals surface area contributed by atoms with Crippen LogP contribution in [0.1, 0.15) is 24.8 Å². The average molecular weight is 560 g/mol. The van der Waals surface area contributed by atoms with Gasteiger partial charge in [-0.2, -0.15) is 0 Å². The summed E-state index contributed by atoms with van der Waals surface area (Å²) in [5.74, 6) is 0. The highest BCUT2D eigenvalue weighted by atomic mass is 33.1. The number of aryl methyl sites for hydroxylation is 1. The molecule has 4 aromatic rings. The Morgan fingerprint density at radius 1 is 0.541 bits per heavy atom. The lowest BCUT2D eigenvalue weighted by Crippen LogP contribution is -1.81. The summed E-state index contributed by atoms with van der Waals surface area (Å²) < 4.78 is 0. The number of hydrogen-bond acceptors (Lipinski definition) is 7. The van der Waals surface area contributed by atoms with Gasteiger partial charge in [-0.15, -0.1) is 0 Å². The van der Waals surface area contributed by atoms with Gasteiger partial charge in [-0.3, -0.25) is 9.98 Å². The van der Waals surface area contributed by atoms with E-state index in [1.54, 1.807) is 43.2 Å². The molecule has 7 heteroatoms. The van der Waals surface area contributed by atoms with E-state index in [1.165, 1.54) is 25.1 Å². The summed E-state index contributed by atoms with van der Waals surface area (Å²) in [4.78, 5) is 14.1. The van der Waals surface area contributed by atoms with E-state index in [1.807, 2.05) is 36.7 Å². The van der Waals surface area contributed by atoms with Crippen molar-refractivity contribution in [2.24, 2.45) is 9.98 Å². The van der Waals surface area contributed by atoms with Gasteiger partial charge in [0.25, 0.3) is 0 Å². The zero-order valence-corrected chi connectivity index (χ0v) is 23.9. The second-order valence-corrected chi connectivity index (χ2v) is 12.8. The summed E-state index contributed by atoms with van der Waals surface area (Å²) in [6.07, 6.45) is 6.89. The molecule has 0 aliphatic carbocycles. The summed E-state index contributed by atoms with van der Waals surface area (Å²) in [6, 6.07) is 33.3. The van der Waals surface area contributed by atoms with E-state index in [0.29, 0.717) is 0 Å². The molecule has 0 aromatic heterocycles. The van der Waals surface area contributed by atoms with Crippen LogP contribution in [0.25, 0.3) is 0 Å². The molecule has 0 aliphatic heterocycles. The first-order chi connectivity index (χ1) is 18.1. The molecule has 37 heavy (non-hydrogen) atoms. The molecule has 0 fully saturated rings. The van der Waals surface area contributed by atoms with Crippen LogP contribution in [-0.4, -0.2) is 12.4 Å². The minimum absolute atomic E-state index is 0.789. The van der Waals surface area contributed by atoms with E-state index < -0.39 is 0 Å². The van der Waals surface area contributed by atoms with Crippen LogP contribution in [0.3, 0.4) is 0 Å². The summed E-state index contributed by atoms with van der Waals surface area (Å²) in [5.41, 5.74) is 9.79. The zero-order valence-electron chi connectivity index (χ0n) is 20.6. The molecule has 188 valence electrons. The van der Waals surface area contributed by atoms with Crippen LogP contribution in [-0.2, 0) is 0 Å². The van der Waals surface area contributed by atoms with Gasteiger partial charge in [0.2, 0.25) is 0 Å². The highest BCUT2D eigenvalue weighted by molar-refractivity contribution is 8.77. The standard InChI is InChI=1S/C30H29N3S4/c1-23-5-13-27(14-6-23)34-36-29-17-9-25(10-18-29)32-21-3-2-4-22-33-26-11-19-30(20-12-26)37-35-28-15-7-24(31)8-16-28/h5-22H,2-4,31H2,1H3/b32-21+,33-22+. The van der Waals surface area contributed by atoms with Crippen molar-refractivity contribution < 1.29 is 0 Å². The molecule has 0 unspecified atom stereocenters. The number of rotatable bonds is 12. The Bertz CT molecular complexity index is 1180. The summed E-state index contributed by atoms with van der Waals surface area (Å²) in [7, 11) is 7.01. The van der Waals surface area contributed by atoms with E-state index in [9.17, 15) is 0 Å². The summed E-state index contributed by atoms with van der Waals surface area (Å²) in [5, 5.41) is 0. The average Bonchev–Trinajstić information content (AvgIpc) is 2.93. The summed E-state index contributed by atoms with van der Waals surface area (Å²) >= 11 is 0. The number of unbranched alkanes of at least 4 members (excludes halogenated alkanes) is 2. The molecule has 0 spiro atoms. The minimum Gasteiger partial charge on any atom is -0.399 e. The number of nitrogens with two attached hydrogens (primary N) is 1. The molecule has 0 amide bonds. The lowest BCUT2D eigenvalue weighted by atomic mass is 10.2. The maximum absolute atomic E-state index is 5.74. The Labute approximate surface area is 235 Å². The van der Waals surface area contributed by atoms with Crippen molar-refractivity contribution in [3.63, 3.8) is 0 Å². The van der Waals surface area contributed by atoms with Gasteiger partial charge in [0, 0.05) is 37.7 Å². The molecular formula is C30H29N3S4. The predicted molar refractivity (Wildman–Crippen MR) is 169 cm³/mol. The number of benzene rings is 4. The third kappa shape index (κ3) is 10.0. The maximum Gasteiger partial charge on any atom is 0.0626 e. The number of aliphatic imine (C=N–C) groups is 2. The highest BCUT2D eigenvalue weighted by Crippen LogP contribution is 2.39. The lowest BCUT2D eigenvalue weighted by molar-refractivity contribution is 0.944. The second-order valence-electron chi connectivity index (χ2n) is 8.26. The Morgan fingerprint density at radius 2 is 0.892 bits per heavy atom. The SMILES string of the molecule is Cc1ccc(SSc2ccc(/N=C/CCC/C=N/c3ccc(SSc4ccc(N)cc4)cc3)cc2)cc1. The number of nitrogen functional groups attached to an aromatic ring is 1. The van der Waals surface area contributed by atoms with E-state index >= 15 is 0 Å². The van der Waals surface area contributed by atoms with Crippen LogP contribution in [0.4, 0.5) is 17.1 Å². The van der Waals surface area contributed by atoms with Crippen LogP contribution in [0, 0.1) is 6.92 Å². The molecule has 0 heterocycles. The third-order valence-electron chi connectivity index (χ3n) is 5.19. The van der Waals surface area contributed by atoms with E-state index in [-0.39, 0.29) is 0 Å². The fraction of sp³-hybridized carbons (Fsp3) is 0.133. The van der Waals surface area contributed by atoms with E-state index in [0.717, 1.165) is 36.3 Å². The molecule has 0 saturated carbocycles. The van der Waals surface area contributed by atoms with Crippen molar-refractivity contribution in [2.45, 2.75) is 45.8 Å². The molecule has 0 bridgehead atoms. The largest absolute Gasteiger partial charge is 0.399 e. The number of hydrogen-bond donors (Lipinski definition) is 1. The third-order valence-corrected chi connectivity index (χ3v) is 10.0. The van der Waals surface area contributed by atoms with Crippen molar-refractivity contribution >= 4 is 72.7 Å². The molecule has 3 nitrogen and oxygen atoms in total. The first kappa shape index (κ1) is 27.5. The van der Waals surface area contributed by atoms with Crippen molar-refractivity contribution in [3.05, 3.63) is 103 Å². The van der Waals surface area contributed by atoms with Gasteiger partial charge in [0.05, 0.1) is 11.4 Å². The summed E-state index contributed by atoms with van der Waals surface area (Å²) in [6.45, 7) is 2.11. The molecule has 0 aliphatic rings. The Morgan fingerprint density at radius 3 is 1.30 bits per heavy atom. The topological polar surface area (TPSA) is 50.7 Å². The first-order valence-electron chi connectivity index (χ1n) is 12.0. The van der Waals surface area contributed by atoms with Gasteiger partial charge in [0.1, 0.15) is 0 Å². The van der Waals surface area contributed by atoms with E-state index in [4.69, 9.17) is 5.73 Å². The van der Waals surface area contributed by atoms with Crippen molar-refractivity contribution in [2.75, 3.05) is 5.73 Å².